The Morgan fingerprint density at radius 3 is 2.04 bits per heavy atom. The normalized spacial score (nSPS) is 16.8. The van der Waals surface area contributed by atoms with E-state index < -0.39 is 85.2 Å². The topological polar surface area (TPSA) is 140 Å². The third-order valence-corrected chi connectivity index (χ3v) is 7.71. The number of amides is 3. The van der Waals surface area contributed by atoms with Crippen LogP contribution in [0.25, 0.3) is 0 Å². The molecule has 1 aliphatic heterocycles. The van der Waals surface area contributed by atoms with Crippen LogP contribution in [-0.4, -0.2) is 86.5 Å². The predicted octanol–water partition coefficient (Wildman–Crippen LogP) is 5.50. The third kappa shape index (κ3) is 13.1. The second-order valence-corrected chi connectivity index (χ2v) is 11.7. The Bertz CT molecular complexity index is 1640. The van der Waals surface area contributed by atoms with Crippen molar-refractivity contribution in [1.82, 2.24) is 20.9 Å². The lowest BCUT2D eigenvalue weighted by molar-refractivity contribution is -0.160. The molecule has 0 aliphatic carbocycles. The van der Waals surface area contributed by atoms with Gasteiger partial charge in [0.05, 0.1) is 36.8 Å². The molecule has 0 saturated carbocycles. The molecule has 3 aromatic rings. The average molecular weight is 766 g/mol. The van der Waals surface area contributed by atoms with Crippen LogP contribution < -0.4 is 21.3 Å². The largest absolute Gasteiger partial charge is 0.448 e. The smallest absolute Gasteiger partial charge is 0.422 e. The van der Waals surface area contributed by atoms with Crippen molar-refractivity contribution in [2.24, 2.45) is 0 Å². The minimum Gasteiger partial charge on any atom is -0.448 e. The number of anilines is 1. The number of aromatic nitrogens is 1. The van der Waals surface area contributed by atoms with Crippen LogP contribution in [0.1, 0.15) is 29.0 Å². The first kappa shape index (κ1) is 40.7. The van der Waals surface area contributed by atoms with Crippen molar-refractivity contribution < 1.29 is 68.1 Å². The standard InChI is InChI=1S/C33H32F9N5O6/c34-20-5-1-18(2-6-20)27(19-3-7-21(35)8-4-19)28(47-31(50)53-17-33(40,41)42)29(48)46-26-13-43-12-25(36)24(26)10-9-23-11-44-22(14-51-23)15-52-30(49)45-16-32(37,38)39/h1-8,12-13,22-23,27-28,44H,9-11,14-17H2,(H,45,49)(H,46,48)(H,47,50)/t22-,23+,28?/m0/s1. The Morgan fingerprint density at radius 2 is 1.49 bits per heavy atom. The summed E-state index contributed by atoms with van der Waals surface area (Å²) in [5.41, 5.74) is 0.114. The van der Waals surface area contributed by atoms with Gasteiger partial charge in [-0.05, 0) is 48.2 Å². The number of pyridine rings is 1. The van der Waals surface area contributed by atoms with Gasteiger partial charge >= 0.3 is 24.5 Å². The Labute approximate surface area is 295 Å². The lowest BCUT2D eigenvalue weighted by Gasteiger charge is -2.30. The summed E-state index contributed by atoms with van der Waals surface area (Å²) < 4.78 is 133. The zero-order valence-electron chi connectivity index (χ0n) is 27.3. The minimum absolute atomic E-state index is 0.0222. The number of nitrogens with zero attached hydrogens (tertiary/aromatic N) is 1. The average Bonchev–Trinajstić information content (AvgIpc) is 3.09. The number of hydrogen-bond acceptors (Lipinski definition) is 8. The molecule has 1 fully saturated rings. The first-order valence-electron chi connectivity index (χ1n) is 15.7. The van der Waals surface area contributed by atoms with Crippen LogP contribution in [0.5, 0.6) is 0 Å². The molecule has 0 radical (unpaired) electrons. The van der Waals surface area contributed by atoms with Gasteiger partial charge in [0.15, 0.2) is 6.61 Å². The number of hydrogen-bond donors (Lipinski definition) is 4. The Balaban J connectivity index is 1.49. The van der Waals surface area contributed by atoms with E-state index in [4.69, 9.17) is 9.47 Å². The lowest BCUT2D eigenvalue weighted by Crippen LogP contribution is -2.49. The maximum absolute atomic E-state index is 15.2. The Kier molecular flexibility index (Phi) is 13.9. The van der Waals surface area contributed by atoms with E-state index in [1.165, 1.54) is 24.3 Å². The molecule has 0 bridgehead atoms. The van der Waals surface area contributed by atoms with E-state index in [-0.39, 0.29) is 55.0 Å². The molecular formula is C33H32F9N5O6. The fourth-order valence-corrected chi connectivity index (χ4v) is 5.23. The van der Waals surface area contributed by atoms with E-state index in [0.717, 1.165) is 36.7 Å². The number of carbonyl (C=O) groups is 3. The van der Waals surface area contributed by atoms with Crippen molar-refractivity contribution in [2.75, 3.05) is 38.2 Å². The third-order valence-electron chi connectivity index (χ3n) is 7.71. The molecule has 4 rings (SSSR count). The highest BCUT2D eigenvalue weighted by Crippen LogP contribution is 2.31. The molecule has 1 aliphatic rings. The highest BCUT2D eigenvalue weighted by Gasteiger charge is 2.36. The Morgan fingerprint density at radius 1 is 0.868 bits per heavy atom. The van der Waals surface area contributed by atoms with E-state index in [1.54, 1.807) is 5.32 Å². The van der Waals surface area contributed by atoms with E-state index in [9.17, 15) is 49.5 Å². The van der Waals surface area contributed by atoms with E-state index in [1.807, 2.05) is 0 Å². The van der Waals surface area contributed by atoms with Crippen molar-refractivity contribution in [3.05, 3.63) is 95.1 Å². The number of alkyl carbamates (subject to hydrolysis) is 2. The summed E-state index contributed by atoms with van der Waals surface area (Å²) in [6.45, 7) is -3.72. The fraction of sp³-hybridized carbons (Fsp3) is 0.394. The zero-order chi connectivity index (χ0) is 38.8. The number of alkyl halides is 6. The zero-order valence-corrected chi connectivity index (χ0v) is 27.3. The van der Waals surface area contributed by atoms with Gasteiger partial charge in [-0.1, -0.05) is 24.3 Å². The van der Waals surface area contributed by atoms with Crippen molar-refractivity contribution in [3.63, 3.8) is 0 Å². The van der Waals surface area contributed by atoms with Crippen molar-refractivity contribution in [2.45, 2.75) is 49.3 Å². The van der Waals surface area contributed by atoms with Crippen molar-refractivity contribution >= 4 is 23.8 Å². The van der Waals surface area contributed by atoms with Crippen molar-refractivity contribution in [3.8, 4) is 0 Å². The van der Waals surface area contributed by atoms with Crippen molar-refractivity contribution in [1.29, 1.82) is 0 Å². The summed E-state index contributed by atoms with van der Waals surface area (Å²) in [4.78, 5) is 41.8. The highest BCUT2D eigenvalue weighted by molar-refractivity contribution is 5.98. The molecule has 20 heteroatoms. The molecule has 1 aromatic heterocycles. The van der Waals surface area contributed by atoms with E-state index >= 15 is 4.39 Å². The minimum atomic E-state index is -4.91. The van der Waals surface area contributed by atoms with Gasteiger partial charge < -0.3 is 35.5 Å². The molecule has 4 N–H and O–H groups in total. The summed E-state index contributed by atoms with van der Waals surface area (Å²) in [6, 6.07) is 6.76. The van der Waals surface area contributed by atoms with Crippen LogP contribution in [0.2, 0.25) is 0 Å². The van der Waals surface area contributed by atoms with Crippen LogP contribution in [0.4, 0.5) is 54.8 Å². The van der Waals surface area contributed by atoms with Gasteiger partial charge in [0.1, 0.15) is 36.6 Å². The molecule has 3 amide bonds. The maximum atomic E-state index is 15.2. The monoisotopic (exact) mass is 765 g/mol. The van der Waals surface area contributed by atoms with Crippen LogP contribution >= 0.6 is 0 Å². The molecular weight excluding hydrogens is 733 g/mol. The highest BCUT2D eigenvalue weighted by atomic mass is 19.4. The number of morpholine rings is 1. The summed E-state index contributed by atoms with van der Waals surface area (Å²) in [5, 5.41) is 9.12. The van der Waals surface area contributed by atoms with E-state index in [2.05, 4.69) is 25.7 Å². The van der Waals surface area contributed by atoms with Gasteiger partial charge in [-0.3, -0.25) is 9.78 Å². The number of halogens is 9. The van der Waals surface area contributed by atoms with Crippen LogP contribution in [0.15, 0.2) is 60.9 Å². The summed E-state index contributed by atoms with van der Waals surface area (Å²) in [7, 11) is 0. The van der Waals surface area contributed by atoms with Gasteiger partial charge in [0.2, 0.25) is 5.91 Å². The molecule has 1 unspecified atom stereocenters. The molecule has 2 aromatic carbocycles. The number of carbonyl (C=O) groups excluding carboxylic acids is 3. The SMILES string of the molecule is O=C(NCC(F)(F)F)OC[C@@H]1CO[C@H](CCc2c(F)cncc2NC(=O)C(NC(=O)OCC(F)(F)F)C(c2ccc(F)cc2)c2ccc(F)cc2)CN1. The fourth-order valence-electron chi connectivity index (χ4n) is 5.23. The molecule has 11 nitrogen and oxygen atoms in total. The lowest BCUT2D eigenvalue weighted by atomic mass is 9.84. The first-order chi connectivity index (χ1) is 25.0. The van der Waals surface area contributed by atoms with Gasteiger partial charge in [-0.25, -0.2) is 22.8 Å². The predicted molar refractivity (Wildman–Crippen MR) is 167 cm³/mol. The first-order valence-corrected chi connectivity index (χ1v) is 15.7. The van der Waals surface area contributed by atoms with Gasteiger partial charge in [0, 0.05) is 18.0 Å². The van der Waals surface area contributed by atoms with E-state index in [0.29, 0.717) is 0 Å². The van der Waals surface area contributed by atoms with Gasteiger partial charge in [-0.2, -0.15) is 26.3 Å². The molecule has 3 atom stereocenters. The molecule has 2 heterocycles. The van der Waals surface area contributed by atoms with Gasteiger partial charge in [-0.15, -0.1) is 0 Å². The number of ether oxygens (including phenoxy) is 3. The Hall–Kier alpha value is -5.11. The van der Waals surface area contributed by atoms with Crippen LogP contribution in [0.3, 0.4) is 0 Å². The molecule has 0 spiro atoms. The number of nitrogens with one attached hydrogen (secondary N) is 4. The summed E-state index contributed by atoms with van der Waals surface area (Å²) >= 11 is 0. The summed E-state index contributed by atoms with van der Waals surface area (Å²) in [6.07, 6.45) is -10.9. The van der Waals surface area contributed by atoms with Crippen LogP contribution in [-0.2, 0) is 25.4 Å². The quantitative estimate of drug-likeness (QED) is 0.167. The molecule has 53 heavy (non-hydrogen) atoms. The second-order valence-electron chi connectivity index (χ2n) is 11.7. The second kappa shape index (κ2) is 18.1. The number of rotatable bonds is 13. The number of benzene rings is 2. The summed E-state index contributed by atoms with van der Waals surface area (Å²) in [5.74, 6) is -4.55. The van der Waals surface area contributed by atoms with Crippen LogP contribution in [0, 0.1) is 17.5 Å². The maximum Gasteiger partial charge on any atom is 0.422 e. The molecule has 1 saturated heterocycles. The van der Waals surface area contributed by atoms with Gasteiger partial charge in [0.25, 0.3) is 0 Å². The molecule has 288 valence electrons.